The van der Waals surface area contributed by atoms with Crippen molar-refractivity contribution in [3.05, 3.63) is 0 Å². The summed E-state index contributed by atoms with van der Waals surface area (Å²) in [5.74, 6) is -4.61. The van der Waals surface area contributed by atoms with Crippen molar-refractivity contribution in [1.29, 1.82) is 0 Å². The van der Waals surface area contributed by atoms with Crippen LogP contribution in [0.15, 0.2) is 0 Å². The number of nitrogens with two attached hydrogens (primary N) is 2. The number of aliphatic hydroxyl groups is 4. The minimum Gasteiger partial charge on any atom is -0.480 e. The molecule has 0 aliphatic carbocycles. The van der Waals surface area contributed by atoms with Crippen molar-refractivity contribution in [2.24, 2.45) is 11.5 Å². The third-order valence-corrected chi connectivity index (χ3v) is 7.92. The lowest BCUT2D eigenvalue weighted by molar-refractivity contribution is -0.143. The van der Waals surface area contributed by atoms with Crippen molar-refractivity contribution in [3.8, 4) is 0 Å². The van der Waals surface area contributed by atoms with Gasteiger partial charge in [-0.2, -0.15) is 0 Å². The maximum atomic E-state index is 12.1. The molecule has 0 aromatic heterocycles. The Hall–Kier alpha value is -2.08. The Labute approximate surface area is 240 Å². The largest absolute Gasteiger partial charge is 0.480 e. The highest BCUT2D eigenvalue weighted by Crippen LogP contribution is 2.08. The smallest absolute Gasteiger partial charge is 0.321 e. The quantitative estimate of drug-likeness (QED) is 0.0491. The number of carboxylic acid groups (broad SMARTS) is 2. The molecule has 0 fully saturated rings. The maximum Gasteiger partial charge on any atom is 0.321 e. The molecule has 0 saturated heterocycles. The van der Waals surface area contributed by atoms with Gasteiger partial charge in [0.15, 0.2) is 11.5 Å². The van der Waals surface area contributed by atoms with Crippen molar-refractivity contribution >= 4 is 64.2 Å². The molecule has 3 amide bonds. The molecule has 0 aliphatic heterocycles. The Morgan fingerprint density at radius 3 is 1.57 bits per heavy atom. The second-order valence-corrected chi connectivity index (χ2v) is 11.3. The Morgan fingerprint density at radius 1 is 0.700 bits per heavy atom. The first-order chi connectivity index (χ1) is 18.7. The van der Waals surface area contributed by atoms with Gasteiger partial charge >= 0.3 is 11.9 Å². The molecule has 0 rings (SSSR count). The van der Waals surface area contributed by atoms with Crippen LogP contribution in [0.5, 0.6) is 0 Å². The molecule has 0 aromatic carbocycles. The molecule has 21 heteroatoms. The number of amides is 3. The number of carboxylic acids is 2. The Bertz CT molecular complexity index is 805. The van der Waals surface area contributed by atoms with Gasteiger partial charge in [0.25, 0.3) is 5.91 Å². The van der Waals surface area contributed by atoms with E-state index in [0.717, 1.165) is 23.5 Å². The van der Waals surface area contributed by atoms with Gasteiger partial charge in [-0.3, -0.25) is 24.0 Å². The summed E-state index contributed by atoms with van der Waals surface area (Å²) in [7, 11) is -2.37. The average Bonchev–Trinajstić information content (AvgIpc) is 2.90. The molecule has 232 valence electrons. The molecule has 0 spiro atoms. The fourth-order valence-corrected chi connectivity index (χ4v) is 4.86. The number of carbonyl (C=O) groups is 5. The summed E-state index contributed by atoms with van der Waals surface area (Å²) in [5.41, 5.74) is 8.48. The fraction of sp³-hybridized carbons (Fsp3) is 0.737. The Morgan fingerprint density at radius 2 is 1.12 bits per heavy atom. The van der Waals surface area contributed by atoms with Gasteiger partial charge in [0.2, 0.25) is 11.8 Å². The van der Waals surface area contributed by atoms with Crippen molar-refractivity contribution in [1.82, 2.24) is 20.7 Å². The van der Waals surface area contributed by atoms with E-state index in [4.69, 9.17) is 21.7 Å². The van der Waals surface area contributed by atoms with Crippen LogP contribution in [-0.2, 0) is 35.0 Å². The van der Waals surface area contributed by atoms with Gasteiger partial charge in [0, 0.05) is 37.7 Å². The summed E-state index contributed by atoms with van der Waals surface area (Å²) in [5, 5.41) is 64.2. The van der Waals surface area contributed by atoms with E-state index in [0.29, 0.717) is 0 Å². The molecule has 7 atom stereocenters. The van der Waals surface area contributed by atoms with E-state index in [1.807, 2.05) is 0 Å². The molecule has 14 N–H and O–H groups in total. The van der Waals surface area contributed by atoms with Crippen molar-refractivity contribution in [2.75, 3.05) is 49.2 Å². The number of hydrogen-bond donors (Lipinski definition) is 12. The average molecular weight is 637 g/mol. The predicted molar refractivity (Wildman–Crippen MR) is 145 cm³/mol. The fourth-order valence-electron chi connectivity index (χ4n) is 2.37. The second kappa shape index (κ2) is 20.7. The summed E-state index contributed by atoms with van der Waals surface area (Å²) in [4.78, 5) is 56.5. The topological polar surface area (TPSA) is 324 Å². The first kappa shape index (κ1) is 37.9. The number of hydrogen-bond acceptors (Lipinski definition) is 14. The van der Waals surface area contributed by atoms with Gasteiger partial charge in [0.1, 0.15) is 35.3 Å². The van der Waals surface area contributed by atoms with Crippen LogP contribution in [0.3, 0.4) is 0 Å². The van der Waals surface area contributed by atoms with E-state index in [1.54, 1.807) is 0 Å². The minimum atomic E-state index is -2.37. The van der Waals surface area contributed by atoms with E-state index in [1.165, 1.54) is 0 Å². The SMILES string of the molecule is NC(CSCC(=O)NCCNC(=O)C(O)C(O)C(O)C(O)S(=O)NCCNC(=O)CSCC(N)C(=O)O)C(=O)O. The third-order valence-electron chi connectivity index (χ3n) is 4.59. The maximum absolute atomic E-state index is 12.1. The summed E-state index contributed by atoms with van der Waals surface area (Å²) in [6.07, 6.45) is -6.68. The number of thioether (sulfide) groups is 2. The van der Waals surface area contributed by atoms with Gasteiger partial charge < -0.3 is 58.1 Å². The van der Waals surface area contributed by atoms with Crippen LogP contribution >= 0.6 is 23.5 Å². The first-order valence-corrected chi connectivity index (χ1v) is 15.0. The van der Waals surface area contributed by atoms with Crippen molar-refractivity contribution in [2.45, 2.75) is 35.8 Å². The summed E-state index contributed by atoms with van der Waals surface area (Å²) >= 11 is 1.99. The van der Waals surface area contributed by atoms with Gasteiger partial charge in [-0.1, -0.05) is 0 Å². The summed E-state index contributed by atoms with van der Waals surface area (Å²) in [6, 6.07) is -2.23. The van der Waals surface area contributed by atoms with E-state index in [-0.39, 0.29) is 49.2 Å². The molecule has 0 radical (unpaired) electrons. The van der Waals surface area contributed by atoms with E-state index < -0.39 is 76.5 Å². The van der Waals surface area contributed by atoms with E-state index in [9.17, 15) is 48.6 Å². The Balaban J connectivity index is 4.25. The highest BCUT2D eigenvalue weighted by molar-refractivity contribution is 8.00. The van der Waals surface area contributed by atoms with Crippen LogP contribution < -0.4 is 32.1 Å². The number of aliphatic hydroxyl groups excluding tert-OH is 4. The van der Waals surface area contributed by atoms with Gasteiger partial charge in [-0.05, 0) is 0 Å². The predicted octanol–water partition coefficient (Wildman–Crippen LogP) is -6.72. The number of rotatable bonds is 22. The molecule has 0 saturated carbocycles. The van der Waals surface area contributed by atoms with Gasteiger partial charge in [-0.25, -0.2) is 8.93 Å². The van der Waals surface area contributed by atoms with E-state index >= 15 is 0 Å². The first-order valence-electron chi connectivity index (χ1n) is 11.5. The highest BCUT2D eigenvalue weighted by atomic mass is 32.2. The molecule has 7 unspecified atom stereocenters. The van der Waals surface area contributed by atoms with Crippen LogP contribution in [0.1, 0.15) is 0 Å². The number of nitrogens with one attached hydrogen (secondary N) is 4. The molecular formula is C19H36N6O12S3. The number of carbonyl (C=O) groups excluding carboxylic acids is 3. The third kappa shape index (κ3) is 16.2. The van der Waals surface area contributed by atoms with Crippen molar-refractivity contribution in [3.63, 3.8) is 0 Å². The lowest BCUT2D eigenvalue weighted by Crippen LogP contribution is -2.53. The molecule has 0 bridgehead atoms. The van der Waals surface area contributed by atoms with Crippen LogP contribution in [-0.4, -0.2) is 150 Å². The standard InChI is InChI=1S/C19H36N6O12S3/c20-9(17(32)33)5-38-7-11(26)22-1-2-24-16(31)14(29)13(28)15(30)19(36)40(37)25-4-3-23-12(27)8-39-6-10(21)18(34)35/h9-10,13-15,19,25,28-30,36H,1-8,20-21H2,(H,22,26)(H,23,27)(H,24,31)(H,32,33)(H,34,35). The van der Waals surface area contributed by atoms with Crippen LogP contribution in [0.2, 0.25) is 0 Å². The zero-order valence-electron chi connectivity index (χ0n) is 21.1. The highest BCUT2D eigenvalue weighted by Gasteiger charge is 2.36. The van der Waals surface area contributed by atoms with Crippen molar-refractivity contribution < 1.29 is 58.8 Å². The molecule has 0 aromatic rings. The minimum absolute atomic E-state index is 0.0153. The molecule has 0 aliphatic rings. The molecule has 0 heterocycles. The van der Waals surface area contributed by atoms with Crippen LogP contribution in [0, 0.1) is 0 Å². The summed E-state index contributed by atoms with van der Waals surface area (Å²) < 4.78 is 14.4. The Kier molecular flexibility index (Phi) is 19.7. The second-order valence-electron chi connectivity index (χ2n) is 7.92. The van der Waals surface area contributed by atoms with Crippen LogP contribution in [0.25, 0.3) is 0 Å². The van der Waals surface area contributed by atoms with E-state index in [2.05, 4.69) is 20.7 Å². The normalized spacial score (nSPS) is 16.4. The zero-order chi connectivity index (χ0) is 30.8. The molecule has 18 nitrogen and oxygen atoms in total. The monoisotopic (exact) mass is 636 g/mol. The zero-order valence-corrected chi connectivity index (χ0v) is 23.6. The van der Waals surface area contributed by atoms with Gasteiger partial charge in [-0.15, -0.1) is 23.5 Å². The molecular weight excluding hydrogens is 600 g/mol. The van der Waals surface area contributed by atoms with Gasteiger partial charge in [0.05, 0.1) is 11.5 Å². The molecule has 40 heavy (non-hydrogen) atoms. The summed E-state index contributed by atoms with van der Waals surface area (Å²) in [6.45, 7) is -0.464. The lowest BCUT2D eigenvalue weighted by atomic mass is 10.1. The van der Waals surface area contributed by atoms with Crippen LogP contribution in [0.4, 0.5) is 0 Å². The lowest BCUT2D eigenvalue weighted by Gasteiger charge is -2.25. The number of aliphatic carboxylic acids is 2.